The number of para-hydroxylation sites is 1. The van der Waals surface area contributed by atoms with Crippen molar-refractivity contribution in [3.63, 3.8) is 0 Å². The Morgan fingerprint density at radius 2 is 1.56 bits per heavy atom. The minimum absolute atomic E-state index is 0.132. The Balaban J connectivity index is 1.60. The largest absolute Gasteiger partial charge is 0.483 e. The molecule has 0 radical (unpaired) electrons. The third-order valence-electron chi connectivity index (χ3n) is 5.44. The van der Waals surface area contributed by atoms with Crippen LogP contribution in [0.3, 0.4) is 0 Å². The van der Waals surface area contributed by atoms with Gasteiger partial charge in [0, 0.05) is 25.3 Å². The third-order valence-corrected chi connectivity index (χ3v) is 5.44. The summed E-state index contributed by atoms with van der Waals surface area (Å²) in [5.41, 5.74) is 2.08. The molecular weight excluding hydrogens is 438 g/mol. The van der Waals surface area contributed by atoms with Crippen LogP contribution in [-0.4, -0.2) is 73.1 Å². The van der Waals surface area contributed by atoms with Crippen LogP contribution in [0.2, 0.25) is 0 Å². The Labute approximate surface area is 198 Å². The Hall–Kier alpha value is -2.91. The molecule has 1 aromatic heterocycles. The highest BCUT2D eigenvalue weighted by Gasteiger charge is 2.20. The van der Waals surface area contributed by atoms with Crippen LogP contribution in [0.15, 0.2) is 57.7 Å². The molecule has 8 nitrogen and oxygen atoms in total. The smallest absolute Gasteiger partial charge is 0.235 e. The molecule has 0 amide bonds. The topological polar surface area (TPSA) is 79.6 Å². The van der Waals surface area contributed by atoms with E-state index in [1.54, 1.807) is 18.2 Å². The number of fused-ring (bicyclic) bond motifs is 1. The van der Waals surface area contributed by atoms with Crippen LogP contribution in [-0.2, 0) is 18.9 Å². The van der Waals surface area contributed by atoms with Crippen LogP contribution in [0.1, 0.15) is 0 Å². The van der Waals surface area contributed by atoms with Gasteiger partial charge in [0.15, 0.2) is 5.76 Å². The fourth-order valence-corrected chi connectivity index (χ4v) is 3.61. The average Bonchev–Trinajstić information content (AvgIpc) is 2.84. The monoisotopic (exact) mass is 469 g/mol. The standard InChI is InChI=1S/C26H31NO7/c1-27(2)20-9-7-19(8-10-20)25-26(24(28)22-5-3-4-6-23(22)34-25)33-18-21-17-31-14-13-29-11-12-30-15-16-32-21/h3-10,21H,11-18H2,1-2H3. The van der Waals surface area contributed by atoms with Gasteiger partial charge in [0.1, 0.15) is 18.3 Å². The molecule has 1 saturated heterocycles. The summed E-state index contributed by atoms with van der Waals surface area (Å²) in [6.45, 7) is 3.26. The highest BCUT2D eigenvalue weighted by atomic mass is 16.6. The van der Waals surface area contributed by atoms with E-state index >= 15 is 0 Å². The zero-order valence-electron chi connectivity index (χ0n) is 19.7. The van der Waals surface area contributed by atoms with Crippen molar-refractivity contribution in [3.05, 3.63) is 58.8 Å². The molecule has 3 aromatic rings. The molecule has 0 bridgehead atoms. The molecule has 2 heterocycles. The third kappa shape index (κ3) is 6.15. The molecule has 1 atom stereocenters. The van der Waals surface area contributed by atoms with Crippen LogP contribution >= 0.6 is 0 Å². The normalized spacial score (nSPS) is 18.1. The minimum atomic E-state index is -0.377. The zero-order valence-corrected chi connectivity index (χ0v) is 19.7. The van der Waals surface area contributed by atoms with E-state index in [2.05, 4.69) is 0 Å². The average molecular weight is 470 g/mol. The predicted molar refractivity (Wildman–Crippen MR) is 130 cm³/mol. The lowest BCUT2D eigenvalue weighted by molar-refractivity contribution is -0.0774. The first-order valence-electron chi connectivity index (χ1n) is 11.4. The molecule has 8 heteroatoms. The Bertz CT molecular complexity index is 1100. The highest BCUT2D eigenvalue weighted by Crippen LogP contribution is 2.32. The van der Waals surface area contributed by atoms with Crippen molar-refractivity contribution in [3.8, 4) is 17.1 Å². The molecule has 1 aliphatic rings. The van der Waals surface area contributed by atoms with Crippen molar-refractivity contribution in [2.45, 2.75) is 6.10 Å². The van der Waals surface area contributed by atoms with Gasteiger partial charge in [0.25, 0.3) is 0 Å². The van der Waals surface area contributed by atoms with Gasteiger partial charge in [0.2, 0.25) is 11.2 Å². The van der Waals surface area contributed by atoms with Gasteiger partial charge >= 0.3 is 0 Å². The number of hydrogen-bond donors (Lipinski definition) is 0. The van der Waals surface area contributed by atoms with Crippen LogP contribution < -0.4 is 15.1 Å². The van der Waals surface area contributed by atoms with E-state index in [-0.39, 0.29) is 23.9 Å². The summed E-state index contributed by atoms with van der Waals surface area (Å²) in [6, 6.07) is 14.9. The van der Waals surface area contributed by atoms with Crippen LogP contribution in [0.4, 0.5) is 5.69 Å². The summed E-state index contributed by atoms with van der Waals surface area (Å²) >= 11 is 0. The summed E-state index contributed by atoms with van der Waals surface area (Å²) in [7, 11) is 3.95. The molecule has 0 spiro atoms. The van der Waals surface area contributed by atoms with Gasteiger partial charge in [-0.25, -0.2) is 0 Å². The molecule has 1 fully saturated rings. The summed E-state index contributed by atoms with van der Waals surface area (Å²) in [4.78, 5) is 15.4. The number of hydrogen-bond acceptors (Lipinski definition) is 8. The SMILES string of the molecule is CN(C)c1ccc(-c2oc3ccccc3c(=O)c2OCC2COCCOCCOCCO2)cc1. The number of ether oxygens (including phenoxy) is 5. The van der Waals surface area contributed by atoms with Crippen molar-refractivity contribution in [1.82, 2.24) is 0 Å². The van der Waals surface area contributed by atoms with Crippen molar-refractivity contribution < 1.29 is 28.1 Å². The van der Waals surface area contributed by atoms with E-state index in [1.165, 1.54) is 0 Å². The van der Waals surface area contributed by atoms with Gasteiger partial charge in [0.05, 0.1) is 51.6 Å². The second-order valence-corrected chi connectivity index (χ2v) is 8.13. The Morgan fingerprint density at radius 3 is 2.29 bits per heavy atom. The van der Waals surface area contributed by atoms with E-state index in [0.717, 1.165) is 11.3 Å². The van der Waals surface area contributed by atoms with E-state index in [0.29, 0.717) is 63.0 Å². The van der Waals surface area contributed by atoms with E-state index < -0.39 is 0 Å². The molecule has 1 aliphatic heterocycles. The predicted octanol–water partition coefficient (Wildman–Crippen LogP) is 3.35. The molecule has 0 aliphatic carbocycles. The molecular formula is C26H31NO7. The van der Waals surface area contributed by atoms with Gasteiger partial charge in [-0.2, -0.15) is 0 Å². The van der Waals surface area contributed by atoms with Gasteiger partial charge in [-0.1, -0.05) is 12.1 Å². The Morgan fingerprint density at radius 1 is 0.882 bits per heavy atom. The number of benzene rings is 2. The van der Waals surface area contributed by atoms with E-state index in [4.69, 9.17) is 28.1 Å². The van der Waals surface area contributed by atoms with E-state index in [9.17, 15) is 4.79 Å². The van der Waals surface area contributed by atoms with Crippen LogP contribution in [0.5, 0.6) is 5.75 Å². The molecule has 34 heavy (non-hydrogen) atoms. The number of rotatable bonds is 5. The fourth-order valence-electron chi connectivity index (χ4n) is 3.61. The Kier molecular flexibility index (Phi) is 8.54. The van der Waals surface area contributed by atoms with Gasteiger partial charge in [-0.3, -0.25) is 4.79 Å². The lowest BCUT2D eigenvalue weighted by atomic mass is 10.1. The maximum Gasteiger partial charge on any atom is 0.235 e. The molecule has 0 saturated carbocycles. The lowest BCUT2D eigenvalue weighted by Gasteiger charge is -2.20. The first-order valence-corrected chi connectivity index (χ1v) is 11.4. The second-order valence-electron chi connectivity index (χ2n) is 8.13. The van der Waals surface area contributed by atoms with Gasteiger partial charge in [-0.05, 0) is 36.4 Å². The minimum Gasteiger partial charge on any atom is -0.483 e. The first kappa shape index (κ1) is 24.2. The maximum atomic E-state index is 13.4. The molecule has 0 N–H and O–H groups in total. The van der Waals surface area contributed by atoms with E-state index in [1.807, 2.05) is 49.3 Å². The molecule has 182 valence electrons. The van der Waals surface area contributed by atoms with Crippen LogP contribution in [0, 0.1) is 0 Å². The molecule has 1 unspecified atom stereocenters. The van der Waals surface area contributed by atoms with Crippen molar-refractivity contribution in [2.75, 3.05) is 71.9 Å². The van der Waals surface area contributed by atoms with Gasteiger partial charge in [-0.15, -0.1) is 0 Å². The van der Waals surface area contributed by atoms with Crippen molar-refractivity contribution in [2.24, 2.45) is 0 Å². The summed E-state index contributed by atoms with van der Waals surface area (Å²) in [5.74, 6) is 0.547. The van der Waals surface area contributed by atoms with Gasteiger partial charge < -0.3 is 33.0 Å². The first-order chi connectivity index (χ1) is 16.6. The van der Waals surface area contributed by atoms with Crippen LogP contribution in [0.25, 0.3) is 22.3 Å². The lowest BCUT2D eigenvalue weighted by Crippen LogP contribution is -2.31. The number of anilines is 1. The molecule has 4 rings (SSSR count). The summed E-state index contributed by atoms with van der Waals surface area (Å²) in [6.07, 6.45) is -0.377. The highest BCUT2D eigenvalue weighted by molar-refractivity contribution is 5.82. The van der Waals surface area contributed by atoms with Crippen molar-refractivity contribution in [1.29, 1.82) is 0 Å². The summed E-state index contributed by atoms with van der Waals surface area (Å²) < 4.78 is 34.7. The maximum absolute atomic E-state index is 13.4. The molecule has 2 aromatic carbocycles. The fraction of sp³-hybridized carbons (Fsp3) is 0.423. The second kappa shape index (κ2) is 12.0. The quantitative estimate of drug-likeness (QED) is 0.563. The van der Waals surface area contributed by atoms with Crippen molar-refractivity contribution >= 4 is 16.7 Å². The number of nitrogens with zero attached hydrogens (tertiary/aromatic N) is 1. The summed E-state index contributed by atoms with van der Waals surface area (Å²) in [5, 5.41) is 0.465. The zero-order chi connectivity index (χ0) is 23.8.